The predicted molar refractivity (Wildman–Crippen MR) is 128 cm³/mol. The molecule has 3 N–H and O–H groups in total. The smallest absolute Gasteiger partial charge is 0.407 e. The van der Waals surface area contributed by atoms with Crippen LogP contribution in [-0.4, -0.2) is 42.8 Å². The molecule has 0 spiro atoms. The highest BCUT2D eigenvalue weighted by Gasteiger charge is 2.34. The molecule has 2 aliphatic carbocycles. The average molecular weight is 465 g/mol. The number of aliphatic carboxylic acids is 1. The van der Waals surface area contributed by atoms with Crippen LogP contribution in [0.15, 0.2) is 48.5 Å². The van der Waals surface area contributed by atoms with Gasteiger partial charge in [0.05, 0.1) is 5.92 Å². The van der Waals surface area contributed by atoms with Crippen LogP contribution in [0.4, 0.5) is 4.79 Å². The molecule has 2 aromatic rings. The Bertz CT molecular complexity index is 1010. The lowest BCUT2D eigenvalue weighted by molar-refractivity contribution is -0.141. The van der Waals surface area contributed by atoms with Gasteiger partial charge >= 0.3 is 12.1 Å². The lowest BCUT2D eigenvalue weighted by atomic mass is 9.94. The Hall–Kier alpha value is -3.35. The molecule has 34 heavy (non-hydrogen) atoms. The number of fused-ring (bicyclic) bond motifs is 3. The molecule has 0 radical (unpaired) electrons. The van der Waals surface area contributed by atoms with E-state index in [9.17, 15) is 19.5 Å². The molecule has 1 saturated carbocycles. The van der Waals surface area contributed by atoms with Crippen LogP contribution in [0.5, 0.6) is 0 Å². The molecule has 0 bridgehead atoms. The SMILES string of the molecule is CCC(CNC(=O)C1CCCC1CNC(=O)OCC1c2ccccc2-c2ccccc21)C(=O)O. The van der Waals surface area contributed by atoms with Gasteiger partial charge in [-0.1, -0.05) is 61.9 Å². The molecule has 2 aliphatic rings. The third-order valence-corrected chi connectivity index (χ3v) is 7.21. The Balaban J connectivity index is 1.28. The minimum atomic E-state index is -0.900. The second kappa shape index (κ2) is 10.7. The summed E-state index contributed by atoms with van der Waals surface area (Å²) in [5.74, 6) is -1.81. The summed E-state index contributed by atoms with van der Waals surface area (Å²) in [6, 6.07) is 16.4. The molecular weight excluding hydrogens is 432 g/mol. The van der Waals surface area contributed by atoms with Gasteiger partial charge in [0.25, 0.3) is 0 Å². The minimum Gasteiger partial charge on any atom is -0.481 e. The van der Waals surface area contributed by atoms with E-state index >= 15 is 0 Å². The van der Waals surface area contributed by atoms with Gasteiger partial charge in [-0.05, 0) is 47.4 Å². The number of carbonyl (C=O) groups is 3. The Morgan fingerprint density at radius 3 is 2.26 bits per heavy atom. The van der Waals surface area contributed by atoms with Crippen molar-refractivity contribution < 1.29 is 24.2 Å². The molecular formula is C27H32N2O5. The summed E-state index contributed by atoms with van der Waals surface area (Å²) in [6.45, 7) is 2.54. The maximum atomic E-state index is 12.6. The largest absolute Gasteiger partial charge is 0.481 e. The van der Waals surface area contributed by atoms with Gasteiger partial charge in [0.15, 0.2) is 0 Å². The molecule has 0 aromatic heterocycles. The lowest BCUT2D eigenvalue weighted by Gasteiger charge is -2.21. The van der Waals surface area contributed by atoms with Crippen molar-refractivity contribution in [2.45, 2.75) is 38.5 Å². The van der Waals surface area contributed by atoms with E-state index in [2.05, 4.69) is 34.9 Å². The Labute approximate surface area is 199 Å². The van der Waals surface area contributed by atoms with Gasteiger partial charge < -0.3 is 20.5 Å². The Morgan fingerprint density at radius 2 is 1.65 bits per heavy atom. The van der Waals surface area contributed by atoms with Crippen LogP contribution >= 0.6 is 0 Å². The van der Waals surface area contributed by atoms with Crippen LogP contribution in [0.3, 0.4) is 0 Å². The third-order valence-electron chi connectivity index (χ3n) is 7.21. The van der Waals surface area contributed by atoms with E-state index < -0.39 is 18.0 Å². The highest BCUT2D eigenvalue weighted by Crippen LogP contribution is 2.44. The molecule has 1 fully saturated rings. The molecule has 4 rings (SSSR count). The predicted octanol–water partition coefficient (Wildman–Crippen LogP) is 4.17. The number of rotatable bonds is 9. The van der Waals surface area contributed by atoms with Gasteiger partial charge in [-0.15, -0.1) is 0 Å². The number of alkyl carbamates (subject to hydrolysis) is 1. The zero-order valence-electron chi connectivity index (χ0n) is 19.5. The van der Waals surface area contributed by atoms with E-state index in [-0.39, 0.29) is 36.8 Å². The van der Waals surface area contributed by atoms with E-state index in [0.717, 1.165) is 30.4 Å². The van der Waals surface area contributed by atoms with Crippen LogP contribution in [0, 0.1) is 17.8 Å². The summed E-state index contributed by atoms with van der Waals surface area (Å²) < 4.78 is 5.60. The molecule has 2 amide bonds. The maximum absolute atomic E-state index is 12.6. The summed E-state index contributed by atoms with van der Waals surface area (Å²) in [6.07, 6.45) is 2.48. The summed E-state index contributed by atoms with van der Waals surface area (Å²) >= 11 is 0. The standard InChI is InChI=1S/C27H32N2O5/c1-2-17(26(31)32)14-28-25(30)19-13-7-8-18(19)15-29-27(33)34-16-24-22-11-5-3-9-20(22)21-10-4-6-12-23(21)24/h3-6,9-12,17-19,24H,2,7-8,13-16H2,1H3,(H,28,30)(H,29,33)(H,31,32). The van der Waals surface area contributed by atoms with Gasteiger partial charge in [0.2, 0.25) is 5.91 Å². The van der Waals surface area contributed by atoms with E-state index in [0.29, 0.717) is 13.0 Å². The highest BCUT2D eigenvalue weighted by molar-refractivity contribution is 5.81. The van der Waals surface area contributed by atoms with Crippen LogP contribution in [0.2, 0.25) is 0 Å². The molecule has 180 valence electrons. The van der Waals surface area contributed by atoms with Crippen LogP contribution < -0.4 is 10.6 Å². The highest BCUT2D eigenvalue weighted by atomic mass is 16.5. The number of ether oxygens (including phenoxy) is 1. The van der Waals surface area contributed by atoms with E-state index in [1.165, 1.54) is 11.1 Å². The van der Waals surface area contributed by atoms with Crippen LogP contribution in [0.1, 0.15) is 49.7 Å². The maximum Gasteiger partial charge on any atom is 0.407 e. The normalized spacial score (nSPS) is 19.7. The fourth-order valence-electron chi connectivity index (χ4n) is 5.25. The number of carboxylic acids is 1. The van der Waals surface area contributed by atoms with E-state index in [1.807, 2.05) is 24.3 Å². The molecule has 2 aromatic carbocycles. The summed E-state index contributed by atoms with van der Waals surface area (Å²) in [5, 5.41) is 14.8. The van der Waals surface area contributed by atoms with Gasteiger partial charge in [-0.3, -0.25) is 9.59 Å². The molecule has 0 saturated heterocycles. The number of carbonyl (C=O) groups excluding carboxylic acids is 2. The fraction of sp³-hybridized carbons (Fsp3) is 0.444. The topological polar surface area (TPSA) is 105 Å². The van der Waals surface area contributed by atoms with Crippen LogP contribution in [0.25, 0.3) is 11.1 Å². The first-order valence-electron chi connectivity index (χ1n) is 12.1. The number of carboxylic acid groups (broad SMARTS) is 1. The third kappa shape index (κ3) is 5.08. The minimum absolute atomic E-state index is 0.00361. The second-order valence-corrected chi connectivity index (χ2v) is 9.19. The summed E-state index contributed by atoms with van der Waals surface area (Å²) in [7, 11) is 0. The quantitative estimate of drug-likeness (QED) is 0.517. The van der Waals surface area contributed by atoms with Crippen molar-refractivity contribution in [1.82, 2.24) is 10.6 Å². The number of hydrogen-bond donors (Lipinski definition) is 3. The fourth-order valence-corrected chi connectivity index (χ4v) is 5.25. The molecule has 7 nitrogen and oxygen atoms in total. The molecule has 0 aliphatic heterocycles. The first-order valence-corrected chi connectivity index (χ1v) is 12.1. The van der Waals surface area contributed by atoms with E-state index in [4.69, 9.17) is 4.74 Å². The van der Waals surface area contributed by atoms with Crippen molar-refractivity contribution in [2.24, 2.45) is 17.8 Å². The first kappa shape index (κ1) is 23.8. The average Bonchev–Trinajstić information content (AvgIpc) is 3.44. The molecule has 3 atom stereocenters. The van der Waals surface area contributed by atoms with E-state index in [1.54, 1.807) is 6.92 Å². The van der Waals surface area contributed by atoms with Gasteiger partial charge in [-0.2, -0.15) is 0 Å². The summed E-state index contributed by atoms with van der Waals surface area (Å²) in [4.78, 5) is 36.3. The van der Waals surface area contributed by atoms with Crippen molar-refractivity contribution in [1.29, 1.82) is 0 Å². The first-order chi connectivity index (χ1) is 16.5. The van der Waals surface area contributed by atoms with Gasteiger partial charge in [0.1, 0.15) is 6.61 Å². The molecule has 7 heteroatoms. The molecule has 3 unspecified atom stereocenters. The Kier molecular flexibility index (Phi) is 7.50. The Morgan fingerprint density at radius 1 is 1.00 bits per heavy atom. The zero-order valence-corrected chi connectivity index (χ0v) is 19.5. The van der Waals surface area contributed by atoms with Crippen molar-refractivity contribution >= 4 is 18.0 Å². The summed E-state index contributed by atoms with van der Waals surface area (Å²) in [5.41, 5.74) is 4.69. The number of benzene rings is 2. The molecule has 0 heterocycles. The second-order valence-electron chi connectivity index (χ2n) is 9.19. The van der Waals surface area contributed by atoms with Crippen molar-refractivity contribution in [3.63, 3.8) is 0 Å². The number of hydrogen-bond acceptors (Lipinski definition) is 4. The van der Waals surface area contributed by atoms with Gasteiger partial charge in [0, 0.05) is 24.9 Å². The zero-order chi connectivity index (χ0) is 24.1. The van der Waals surface area contributed by atoms with Gasteiger partial charge in [-0.25, -0.2) is 4.79 Å². The number of amides is 2. The van der Waals surface area contributed by atoms with Crippen molar-refractivity contribution in [3.8, 4) is 11.1 Å². The van der Waals surface area contributed by atoms with Crippen molar-refractivity contribution in [2.75, 3.05) is 19.7 Å². The van der Waals surface area contributed by atoms with Crippen LogP contribution in [-0.2, 0) is 14.3 Å². The number of nitrogens with one attached hydrogen (secondary N) is 2. The lowest BCUT2D eigenvalue weighted by Crippen LogP contribution is -2.40. The van der Waals surface area contributed by atoms with Crippen molar-refractivity contribution in [3.05, 3.63) is 59.7 Å². The monoisotopic (exact) mass is 464 g/mol.